The molecule has 2 heterocycles. The summed E-state index contributed by atoms with van der Waals surface area (Å²) in [6.45, 7) is 6.08. The lowest BCUT2D eigenvalue weighted by Crippen LogP contribution is -2.10. The highest BCUT2D eigenvalue weighted by atomic mass is 16.5. The summed E-state index contributed by atoms with van der Waals surface area (Å²) in [5.74, 6) is 2.33. The Labute approximate surface area is 171 Å². The Bertz CT molecular complexity index is 1020. The second-order valence-electron chi connectivity index (χ2n) is 7.08. The van der Waals surface area contributed by atoms with Crippen LogP contribution in [0.1, 0.15) is 35.9 Å². The Balaban J connectivity index is 1.75. The van der Waals surface area contributed by atoms with Crippen molar-refractivity contribution in [3.63, 3.8) is 0 Å². The Hall–Kier alpha value is -3.41. The number of hydrogen-bond acceptors (Lipinski definition) is 5. The third-order valence-electron chi connectivity index (χ3n) is 4.51. The molecule has 0 radical (unpaired) electrons. The molecule has 0 aliphatic heterocycles. The van der Waals surface area contributed by atoms with Crippen LogP contribution in [-0.2, 0) is 12.8 Å². The number of ether oxygens (including phenoxy) is 1. The first kappa shape index (κ1) is 20.3. The van der Waals surface area contributed by atoms with Gasteiger partial charge >= 0.3 is 0 Å². The molecule has 6 heteroatoms. The number of nitrogens with one attached hydrogen (secondary N) is 2. The lowest BCUT2D eigenvalue weighted by molar-refractivity contribution is 0.475. The number of aryl methyl sites for hydroxylation is 4. The summed E-state index contributed by atoms with van der Waals surface area (Å²) in [5.41, 5.74) is 10.6. The molecule has 0 aliphatic rings. The van der Waals surface area contributed by atoms with Crippen molar-refractivity contribution in [2.45, 2.75) is 40.0 Å². The van der Waals surface area contributed by atoms with E-state index in [-0.39, 0.29) is 5.84 Å². The zero-order valence-electron chi connectivity index (χ0n) is 17.1. The fraction of sp³-hybridized carbons (Fsp3) is 0.261. The number of rotatable bonds is 8. The highest BCUT2D eigenvalue weighted by molar-refractivity contribution is 5.77. The van der Waals surface area contributed by atoms with Crippen molar-refractivity contribution < 1.29 is 4.74 Å². The van der Waals surface area contributed by atoms with Gasteiger partial charge < -0.3 is 15.8 Å². The molecule has 1 aromatic carbocycles. The van der Waals surface area contributed by atoms with E-state index in [0.29, 0.717) is 18.0 Å². The summed E-state index contributed by atoms with van der Waals surface area (Å²) in [6, 6.07) is 13.9. The van der Waals surface area contributed by atoms with Crippen molar-refractivity contribution in [2.24, 2.45) is 5.73 Å². The highest BCUT2D eigenvalue weighted by Gasteiger charge is 2.06. The van der Waals surface area contributed by atoms with Crippen LogP contribution in [0.4, 0.5) is 11.5 Å². The van der Waals surface area contributed by atoms with Gasteiger partial charge in [0.15, 0.2) is 0 Å². The summed E-state index contributed by atoms with van der Waals surface area (Å²) in [5, 5.41) is 10.8. The van der Waals surface area contributed by atoms with E-state index in [9.17, 15) is 0 Å². The van der Waals surface area contributed by atoms with Gasteiger partial charge in [-0.05, 0) is 68.1 Å². The minimum atomic E-state index is 0.198. The van der Waals surface area contributed by atoms with Crippen LogP contribution in [0.15, 0.2) is 48.7 Å². The first-order chi connectivity index (χ1) is 13.9. The predicted octanol–water partition coefficient (Wildman–Crippen LogP) is 5.06. The van der Waals surface area contributed by atoms with Gasteiger partial charge in [-0.25, -0.2) is 4.98 Å². The maximum atomic E-state index is 7.42. The van der Waals surface area contributed by atoms with Crippen LogP contribution >= 0.6 is 0 Å². The first-order valence-electron chi connectivity index (χ1n) is 9.74. The second kappa shape index (κ2) is 9.19. The number of amidine groups is 1. The predicted molar refractivity (Wildman–Crippen MR) is 117 cm³/mol. The molecular formula is C23H27N5O. The van der Waals surface area contributed by atoms with E-state index >= 15 is 0 Å². The lowest BCUT2D eigenvalue weighted by atomic mass is 10.1. The van der Waals surface area contributed by atoms with Crippen LogP contribution in [0.5, 0.6) is 11.5 Å². The minimum absolute atomic E-state index is 0.198. The van der Waals surface area contributed by atoms with Crippen LogP contribution in [-0.4, -0.2) is 15.8 Å². The number of aromatic nitrogens is 2. The van der Waals surface area contributed by atoms with Crippen molar-refractivity contribution in [3.05, 3.63) is 71.2 Å². The maximum Gasteiger partial charge on any atom is 0.148 e. The van der Waals surface area contributed by atoms with Gasteiger partial charge in [0, 0.05) is 30.1 Å². The van der Waals surface area contributed by atoms with E-state index in [1.165, 1.54) is 0 Å². The van der Waals surface area contributed by atoms with Gasteiger partial charge in [-0.1, -0.05) is 13.0 Å². The molecule has 0 atom stereocenters. The third kappa shape index (κ3) is 5.78. The molecule has 0 spiro atoms. The molecule has 0 fully saturated rings. The van der Waals surface area contributed by atoms with Gasteiger partial charge in [0.1, 0.15) is 17.3 Å². The molecule has 0 unspecified atom stereocenters. The highest BCUT2D eigenvalue weighted by Crippen LogP contribution is 2.27. The topological polar surface area (TPSA) is 96.9 Å². The zero-order chi connectivity index (χ0) is 20.8. The van der Waals surface area contributed by atoms with Crippen LogP contribution in [0.3, 0.4) is 0 Å². The average Bonchev–Trinajstić information content (AvgIpc) is 2.68. The molecule has 0 amide bonds. The first-order valence-corrected chi connectivity index (χ1v) is 9.74. The quantitative estimate of drug-likeness (QED) is 0.369. The smallest absolute Gasteiger partial charge is 0.148 e. The fourth-order valence-electron chi connectivity index (χ4n) is 3.08. The number of pyridine rings is 2. The molecule has 4 N–H and O–H groups in total. The minimum Gasteiger partial charge on any atom is -0.455 e. The average molecular weight is 390 g/mol. The molecule has 0 saturated heterocycles. The Kier molecular flexibility index (Phi) is 6.44. The fourth-order valence-corrected chi connectivity index (χ4v) is 3.08. The van der Waals surface area contributed by atoms with Crippen molar-refractivity contribution in [3.8, 4) is 11.5 Å². The van der Waals surface area contributed by atoms with Crippen molar-refractivity contribution in [1.29, 1.82) is 5.41 Å². The molecule has 3 rings (SSSR count). The SMILES string of the molecule is CCc1ccc(Oc2ccnc(Nc3cc(C)cc(CCC(=N)N)c3)c2)c(C)n1. The van der Waals surface area contributed by atoms with Crippen LogP contribution < -0.4 is 15.8 Å². The summed E-state index contributed by atoms with van der Waals surface area (Å²) in [7, 11) is 0. The van der Waals surface area contributed by atoms with Crippen LogP contribution in [0, 0.1) is 19.3 Å². The largest absolute Gasteiger partial charge is 0.455 e. The Morgan fingerprint density at radius 1 is 1.14 bits per heavy atom. The van der Waals surface area contributed by atoms with Crippen molar-refractivity contribution >= 4 is 17.3 Å². The lowest BCUT2D eigenvalue weighted by Gasteiger charge is -2.12. The molecule has 3 aromatic rings. The molecule has 0 aliphatic carbocycles. The molecule has 0 saturated carbocycles. The Morgan fingerprint density at radius 3 is 2.69 bits per heavy atom. The van der Waals surface area contributed by atoms with E-state index in [2.05, 4.69) is 40.4 Å². The van der Waals surface area contributed by atoms with Gasteiger partial charge in [-0.3, -0.25) is 10.4 Å². The van der Waals surface area contributed by atoms with E-state index in [1.807, 2.05) is 38.1 Å². The van der Waals surface area contributed by atoms with Crippen LogP contribution in [0.2, 0.25) is 0 Å². The zero-order valence-corrected chi connectivity index (χ0v) is 17.1. The summed E-state index contributed by atoms with van der Waals surface area (Å²) < 4.78 is 6.02. The van der Waals surface area contributed by atoms with Gasteiger partial charge in [-0.15, -0.1) is 0 Å². The van der Waals surface area contributed by atoms with Crippen LogP contribution in [0.25, 0.3) is 0 Å². The Morgan fingerprint density at radius 2 is 1.97 bits per heavy atom. The standard InChI is InChI=1S/C23H27N5O/c1-4-18-6-7-21(16(3)27-18)29-20-9-10-26-23(14-20)28-19-12-15(2)11-17(13-19)5-8-22(24)25/h6-7,9-14H,4-5,8H2,1-3H3,(H3,24,25)(H,26,28). The molecule has 29 heavy (non-hydrogen) atoms. The molecule has 6 nitrogen and oxygen atoms in total. The third-order valence-corrected chi connectivity index (χ3v) is 4.51. The summed E-state index contributed by atoms with van der Waals surface area (Å²) >= 11 is 0. The number of benzene rings is 1. The molecule has 2 aromatic heterocycles. The number of nitrogens with two attached hydrogens (primary N) is 1. The number of hydrogen-bond donors (Lipinski definition) is 3. The van der Waals surface area contributed by atoms with E-state index in [4.69, 9.17) is 15.9 Å². The van der Waals surface area contributed by atoms with E-state index < -0.39 is 0 Å². The molecule has 150 valence electrons. The van der Waals surface area contributed by atoms with Gasteiger partial charge in [0.05, 0.1) is 11.5 Å². The molecule has 0 bridgehead atoms. The summed E-state index contributed by atoms with van der Waals surface area (Å²) in [6.07, 6.45) is 3.90. The number of anilines is 2. The second-order valence-corrected chi connectivity index (χ2v) is 7.08. The molecular weight excluding hydrogens is 362 g/mol. The summed E-state index contributed by atoms with van der Waals surface area (Å²) in [4.78, 5) is 8.95. The normalized spacial score (nSPS) is 10.6. The maximum absolute atomic E-state index is 7.42. The van der Waals surface area contributed by atoms with Crippen molar-refractivity contribution in [1.82, 2.24) is 9.97 Å². The van der Waals surface area contributed by atoms with Gasteiger partial charge in [0.2, 0.25) is 0 Å². The number of nitrogens with zero attached hydrogens (tertiary/aromatic N) is 2. The monoisotopic (exact) mass is 389 g/mol. The van der Waals surface area contributed by atoms with Gasteiger partial charge in [-0.2, -0.15) is 0 Å². The van der Waals surface area contributed by atoms with E-state index in [1.54, 1.807) is 6.20 Å². The van der Waals surface area contributed by atoms with Gasteiger partial charge in [0.25, 0.3) is 0 Å². The van der Waals surface area contributed by atoms with E-state index in [0.717, 1.165) is 46.8 Å². The van der Waals surface area contributed by atoms with Crippen molar-refractivity contribution in [2.75, 3.05) is 5.32 Å².